The van der Waals surface area contributed by atoms with Crippen molar-refractivity contribution in [2.75, 3.05) is 38.5 Å². The lowest BCUT2D eigenvalue weighted by molar-refractivity contribution is -0.123. The highest BCUT2D eigenvalue weighted by Gasteiger charge is 2.15. The summed E-state index contributed by atoms with van der Waals surface area (Å²) in [7, 11) is 1.74. The van der Waals surface area contributed by atoms with Gasteiger partial charge in [0.25, 0.3) is 0 Å². The van der Waals surface area contributed by atoms with Crippen LogP contribution in [0, 0.1) is 0 Å². The largest absolute Gasteiger partial charge is 0.454 e. The van der Waals surface area contributed by atoms with Crippen LogP contribution in [0.2, 0.25) is 0 Å². The Morgan fingerprint density at radius 1 is 1.07 bits per heavy atom. The summed E-state index contributed by atoms with van der Waals surface area (Å²) in [5.74, 6) is 1.08. The smallest absolute Gasteiger partial charge is 0.238 e. The molecule has 0 saturated heterocycles. The third kappa shape index (κ3) is 5.40. The first-order valence-corrected chi connectivity index (χ1v) is 10.0. The van der Waals surface area contributed by atoms with Crippen molar-refractivity contribution in [3.63, 3.8) is 0 Å². The first-order valence-electron chi connectivity index (χ1n) is 8.82. The summed E-state index contributed by atoms with van der Waals surface area (Å²) >= 11 is 1.57. The van der Waals surface area contributed by atoms with Gasteiger partial charge in [-0.25, -0.2) is 0 Å². The zero-order valence-corrected chi connectivity index (χ0v) is 16.7. The number of carbonyl (C=O) groups is 2. The Morgan fingerprint density at radius 3 is 2.64 bits per heavy atom. The summed E-state index contributed by atoms with van der Waals surface area (Å²) in [6.07, 6.45) is 1.96. The summed E-state index contributed by atoms with van der Waals surface area (Å²) in [4.78, 5) is 27.1. The highest BCUT2D eigenvalue weighted by atomic mass is 32.2. The van der Waals surface area contributed by atoms with Crippen LogP contribution in [0.4, 0.5) is 5.69 Å². The minimum Gasteiger partial charge on any atom is -0.454 e. The number of hydrogen-bond acceptors (Lipinski definition) is 6. The number of amides is 2. The van der Waals surface area contributed by atoms with E-state index in [1.165, 1.54) is 0 Å². The van der Waals surface area contributed by atoms with E-state index in [1.807, 2.05) is 48.7 Å². The van der Waals surface area contributed by atoms with Crippen LogP contribution in [0.5, 0.6) is 11.5 Å². The van der Waals surface area contributed by atoms with Gasteiger partial charge in [0.2, 0.25) is 18.6 Å². The van der Waals surface area contributed by atoms with E-state index >= 15 is 0 Å². The molecule has 148 valence electrons. The number of para-hydroxylation sites is 1. The summed E-state index contributed by atoms with van der Waals surface area (Å²) in [5.41, 5.74) is 1.70. The van der Waals surface area contributed by atoms with E-state index in [0.717, 1.165) is 16.1 Å². The Labute approximate surface area is 168 Å². The first-order chi connectivity index (χ1) is 13.5. The lowest BCUT2D eigenvalue weighted by Gasteiger charge is -2.17. The van der Waals surface area contributed by atoms with Crippen LogP contribution in [-0.4, -0.2) is 49.9 Å². The molecule has 2 aromatic carbocycles. The molecule has 2 amide bonds. The van der Waals surface area contributed by atoms with Gasteiger partial charge >= 0.3 is 0 Å². The molecule has 0 unspecified atom stereocenters. The average molecular weight is 401 g/mol. The van der Waals surface area contributed by atoms with Gasteiger partial charge in [-0.15, -0.1) is 11.8 Å². The van der Waals surface area contributed by atoms with Crippen LogP contribution >= 0.6 is 11.8 Å². The number of rotatable bonds is 8. The van der Waals surface area contributed by atoms with Crippen LogP contribution in [0.1, 0.15) is 5.56 Å². The van der Waals surface area contributed by atoms with Crippen molar-refractivity contribution >= 4 is 29.3 Å². The Hall–Kier alpha value is -2.71. The molecule has 2 N–H and O–H groups in total. The average Bonchev–Trinajstić information content (AvgIpc) is 3.14. The molecule has 0 radical (unpaired) electrons. The van der Waals surface area contributed by atoms with Crippen molar-refractivity contribution in [3.8, 4) is 11.5 Å². The van der Waals surface area contributed by atoms with Crippen LogP contribution in [0.3, 0.4) is 0 Å². The molecule has 0 aromatic heterocycles. The molecule has 1 aliphatic heterocycles. The van der Waals surface area contributed by atoms with Crippen molar-refractivity contribution < 1.29 is 19.1 Å². The van der Waals surface area contributed by atoms with Crippen molar-refractivity contribution in [2.45, 2.75) is 11.4 Å². The van der Waals surface area contributed by atoms with E-state index in [4.69, 9.17) is 9.47 Å². The van der Waals surface area contributed by atoms with Gasteiger partial charge in [0.05, 0.1) is 18.8 Å². The number of ether oxygens (including phenoxy) is 2. The van der Waals surface area contributed by atoms with Crippen LogP contribution in [-0.2, 0) is 16.1 Å². The fraction of sp³-hybridized carbons (Fsp3) is 0.300. The quantitative estimate of drug-likeness (QED) is 0.661. The highest BCUT2D eigenvalue weighted by molar-refractivity contribution is 7.98. The third-order valence-electron chi connectivity index (χ3n) is 4.13. The van der Waals surface area contributed by atoms with E-state index in [2.05, 4.69) is 10.6 Å². The first kappa shape index (κ1) is 20.0. The summed E-state index contributed by atoms with van der Waals surface area (Å²) < 4.78 is 10.6. The minimum absolute atomic E-state index is 0.125. The number of thioether (sulfide) groups is 1. The van der Waals surface area contributed by atoms with Crippen molar-refractivity contribution in [1.82, 2.24) is 10.2 Å². The van der Waals surface area contributed by atoms with Crippen LogP contribution < -0.4 is 20.1 Å². The number of fused-ring (bicyclic) bond motifs is 1. The second-order valence-electron chi connectivity index (χ2n) is 6.39. The highest BCUT2D eigenvalue weighted by Crippen LogP contribution is 2.32. The number of nitrogens with zero attached hydrogens (tertiary/aromatic N) is 1. The maximum Gasteiger partial charge on any atom is 0.238 e. The number of benzene rings is 2. The fourth-order valence-electron chi connectivity index (χ4n) is 2.79. The van der Waals surface area contributed by atoms with E-state index < -0.39 is 0 Å². The Morgan fingerprint density at radius 2 is 1.82 bits per heavy atom. The molecule has 0 spiro atoms. The fourth-order valence-corrected chi connectivity index (χ4v) is 3.34. The molecule has 1 heterocycles. The summed E-state index contributed by atoms with van der Waals surface area (Å²) in [5, 5.41) is 5.74. The molecule has 3 rings (SSSR count). The van der Waals surface area contributed by atoms with Gasteiger partial charge in [0.1, 0.15) is 0 Å². The minimum atomic E-state index is -0.160. The van der Waals surface area contributed by atoms with Gasteiger partial charge < -0.3 is 20.1 Å². The monoisotopic (exact) mass is 401 g/mol. The Bertz CT molecular complexity index is 859. The number of anilines is 1. The number of hydrogen-bond donors (Lipinski definition) is 2. The van der Waals surface area contributed by atoms with Crippen molar-refractivity contribution in [1.29, 1.82) is 0 Å². The molecule has 0 atom stereocenters. The Kier molecular flexibility index (Phi) is 6.78. The van der Waals surface area contributed by atoms with Crippen LogP contribution in [0.15, 0.2) is 47.4 Å². The van der Waals surface area contributed by atoms with E-state index in [1.54, 1.807) is 23.7 Å². The van der Waals surface area contributed by atoms with Gasteiger partial charge in [-0.2, -0.15) is 0 Å². The van der Waals surface area contributed by atoms with Gasteiger partial charge in [-0.1, -0.05) is 18.2 Å². The number of carbonyl (C=O) groups excluding carboxylic acids is 2. The third-order valence-corrected chi connectivity index (χ3v) is 4.93. The molecular formula is C20H23N3O4S. The lowest BCUT2D eigenvalue weighted by atomic mass is 10.2. The number of likely N-dealkylation sites (N-methyl/N-ethyl adjacent to an activating group) is 1. The lowest BCUT2D eigenvalue weighted by Crippen LogP contribution is -2.38. The molecule has 2 aromatic rings. The molecule has 7 nitrogen and oxygen atoms in total. The normalized spacial score (nSPS) is 12.1. The molecule has 0 bridgehead atoms. The maximum atomic E-state index is 12.2. The SMILES string of the molecule is CSc1ccccc1NC(=O)CN(C)CC(=O)NCc1ccc2c(c1)OCO2. The zero-order chi connectivity index (χ0) is 19.9. The molecule has 1 aliphatic rings. The zero-order valence-electron chi connectivity index (χ0n) is 15.9. The molecule has 0 fully saturated rings. The standard InChI is InChI=1S/C20H23N3O4S/c1-23(12-20(25)22-15-5-3-4-6-18(15)28-2)11-19(24)21-10-14-7-8-16-17(9-14)27-13-26-16/h3-9H,10-13H2,1-2H3,(H,21,24)(H,22,25). The summed E-state index contributed by atoms with van der Waals surface area (Å²) in [6, 6.07) is 13.2. The van der Waals surface area contributed by atoms with Crippen molar-refractivity contribution in [3.05, 3.63) is 48.0 Å². The van der Waals surface area contributed by atoms with Crippen LogP contribution in [0.25, 0.3) is 0 Å². The van der Waals surface area contributed by atoms with Gasteiger partial charge in [0.15, 0.2) is 11.5 Å². The molecule has 28 heavy (non-hydrogen) atoms. The molecule has 0 saturated carbocycles. The molecule has 8 heteroatoms. The number of nitrogens with one attached hydrogen (secondary N) is 2. The van der Waals surface area contributed by atoms with E-state index in [0.29, 0.717) is 18.0 Å². The van der Waals surface area contributed by atoms with Gasteiger partial charge in [-0.3, -0.25) is 14.5 Å². The second-order valence-corrected chi connectivity index (χ2v) is 7.23. The summed E-state index contributed by atoms with van der Waals surface area (Å²) in [6.45, 7) is 0.859. The van der Waals surface area contributed by atoms with Gasteiger partial charge in [-0.05, 0) is 43.1 Å². The van der Waals surface area contributed by atoms with Gasteiger partial charge in [0, 0.05) is 11.4 Å². The van der Waals surface area contributed by atoms with Crippen molar-refractivity contribution in [2.24, 2.45) is 0 Å². The Balaban J connectivity index is 1.43. The second kappa shape index (κ2) is 9.48. The predicted octanol–water partition coefficient (Wildman–Crippen LogP) is 2.32. The topological polar surface area (TPSA) is 79.9 Å². The maximum absolute atomic E-state index is 12.2. The molecular weight excluding hydrogens is 378 g/mol. The predicted molar refractivity (Wildman–Crippen MR) is 109 cm³/mol. The molecule has 0 aliphatic carbocycles. The van der Waals surface area contributed by atoms with E-state index in [-0.39, 0.29) is 31.7 Å². The van der Waals surface area contributed by atoms with E-state index in [9.17, 15) is 9.59 Å².